The van der Waals surface area contributed by atoms with E-state index in [4.69, 9.17) is 4.74 Å². The SMILES string of the molecule is CCOC1CCN(C[C@](C)(O)c2ccccc2C(F)(F)F)CC1. The van der Waals surface area contributed by atoms with Crippen molar-refractivity contribution in [3.05, 3.63) is 35.4 Å². The molecule has 0 spiro atoms. The van der Waals surface area contributed by atoms with Gasteiger partial charge < -0.3 is 9.84 Å². The third kappa shape index (κ3) is 4.68. The van der Waals surface area contributed by atoms with E-state index in [9.17, 15) is 18.3 Å². The molecule has 0 unspecified atom stereocenters. The van der Waals surface area contributed by atoms with Gasteiger partial charge in [-0.1, -0.05) is 18.2 Å². The molecule has 1 N–H and O–H groups in total. The standard InChI is InChI=1S/C17H24F3NO2/c1-3-23-13-8-10-21(11-9-13)12-16(2,22)14-6-4-5-7-15(14)17(18,19)20/h4-7,13,22H,3,8-12H2,1-2H3/t16-/m0/s1. The average Bonchev–Trinajstić information content (AvgIpc) is 2.48. The summed E-state index contributed by atoms with van der Waals surface area (Å²) in [6.07, 6.45) is -2.58. The minimum absolute atomic E-state index is 0.0700. The lowest BCUT2D eigenvalue weighted by atomic mass is 9.90. The van der Waals surface area contributed by atoms with Crippen LogP contribution in [0.3, 0.4) is 0 Å². The molecule has 1 heterocycles. The molecule has 0 saturated carbocycles. The number of nitrogens with zero attached hydrogens (tertiary/aromatic N) is 1. The number of β-amino-alcohol motifs (C(OH)–C–C–N with tert-alkyl or cyclic N) is 1. The summed E-state index contributed by atoms with van der Waals surface area (Å²) in [4.78, 5) is 2.00. The van der Waals surface area contributed by atoms with E-state index in [-0.39, 0.29) is 18.2 Å². The molecule has 23 heavy (non-hydrogen) atoms. The summed E-state index contributed by atoms with van der Waals surface area (Å²) in [5.41, 5.74) is -2.39. The van der Waals surface area contributed by atoms with Crippen molar-refractivity contribution >= 4 is 0 Å². The number of benzene rings is 1. The number of hydrogen-bond acceptors (Lipinski definition) is 3. The van der Waals surface area contributed by atoms with Gasteiger partial charge in [0.05, 0.1) is 11.7 Å². The van der Waals surface area contributed by atoms with Crippen LogP contribution in [0, 0.1) is 0 Å². The molecule has 6 heteroatoms. The van der Waals surface area contributed by atoms with Crippen molar-refractivity contribution in [1.29, 1.82) is 0 Å². The fourth-order valence-electron chi connectivity index (χ4n) is 3.19. The van der Waals surface area contributed by atoms with E-state index in [0.29, 0.717) is 6.61 Å². The summed E-state index contributed by atoms with van der Waals surface area (Å²) in [5, 5.41) is 10.7. The first-order chi connectivity index (χ1) is 10.7. The van der Waals surface area contributed by atoms with Gasteiger partial charge in [0.25, 0.3) is 0 Å². The number of ether oxygens (including phenoxy) is 1. The van der Waals surface area contributed by atoms with Gasteiger partial charge in [-0.2, -0.15) is 13.2 Å². The summed E-state index contributed by atoms with van der Waals surface area (Å²) >= 11 is 0. The highest BCUT2D eigenvalue weighted by Gasteiger charge is 2.39. The van der Waals surface area contributed by atoms with Gasteiger partial charge in [-0.05, 0) is 38.3 Å². The van der Waals surface area contributed by atoms with Crippen LogP contribution in [-0.2, 0) is 16.5 Å². The van der Waals surface area contributed by atoms with Crippen LogP contribution in [-0.4, -0.2) is 42.4 Å². The molecule has 1 aliphatic heterocycles. The maximum absolute atomic E-state index is 13.2. The van der Waals surface area contributed by atoms with E-state index in [1.165, 1.54) is 25.1 Å². The second-order valence-electron chi connectivity index (χ2n) is 6.25. The Morgan fingerprint density at radius 1 is 1.17 bits per heavy atom. The lowest BCUT2D eigenvalue weighted by molar-refractivity contribution is -0.141. The van der Waals surface area contributed by atoms with Crippen LogP contribution in [0.1, 0.15) is 37.8 Å². The van der Waals surface area contributed by atoms with E-state index in [0.717, 1.165) is 32.0 Å². The van der Waals surface area contributed by atoms with Gasteiger partial charge in [0.1, 0.15) is 5.60 Å². The zero-order valence-corrected chi connectivity index (χ0v) is 13.6. The number of hydrogen-bond donors (Lipinski definition) is 1. The number of aliphatic hydroxyl groups is 1. The molecule has 1 saturated heterocycles. The number of halogens is 3. The highest BCUT2D eigenvalue weighted by atomic mass is 19.4. The lowest BCUT2D eigenvalue weighted by Gasteiger charge is -2.37. The van der Waals surface area contributed by atoms with Gasteiger partial charge in [-0.15, -0.1) is 0 Å². The number of likely N-dealkylation sites (tertiary alicyclic amines) is 1. The molecule has 1 aliphatic rings. The van der Waals surface area contributed by atoms with E-state index >= 15 is 0 Å². The highest BCUT2D eigenvalue weighted by molar-refractivity contribution is 5.34. The van der Waals surface area contributed by atoms with Crippen LogP contribution in [0.25, 0.3) is 0 Å². The van der Waals surface area contributed by atoms with Crippen molar-refractivity contribution in [2.24, 2.45) is 0 Å². The third-order valence-electron chi connectivity index (χ3n) is 4.28. The van der Waals surface area contributed by atoms with Gasteiger partial charge in [0.2, 0.25) is 0 Å². The summed E-state index contributed by atoms with van der Waals surface area (Å²) in [5.74, 6) is 0. The molecule has 1 fully saturated rings. The largest absolute Gasteiger partial charge is 0.416 e. The summed E-state index contributed by atoms with van der Waals surface area (Å²) in [6.45, 7) is 5.68. The van der Waals surface area contributed by atoms with Crippen LogP contribution in [0.2, 0.25) is 0 Å². The number of alkyl halides is 3. The Balaban J connectivity index is 2.08. The van der Waals surface area contributed by atoms with Crippen molar-refractivity contribution in [3.8, 4) is 0 Å². The average molecular weight is 331 g/mol. The molecule has 130 valence electrons. The van der Waals surface area contributed by atoms with Crippen molar-refractivity contribution in [2.45, 2.75) is 44.6 Å². The molecule has 0 radical (unpaired) electrons. The normalized spacial score (nSPS) is 20.4. The first-order valence-corrected chi connectivity index (χ1v) is 7.97. The van der Waals surface area contributed by atoms with Crippen LogP contribution in [0.5, 0.6) is 0 Å². The first kappa shape index (κ1) is 18.2. The maximum atomic E-state index is 13.2. The first-order valence-electron chi connectivity index (χ1n) is 7.97. The van der Waals surface area contributed by atoms with Crippen molar-refractivity contribution in [3.63, 3.8) is 0 Å². The molecule has 1 atom stereocenters. The Bertz CT molecular complexity index is 509. The predicted octanol–water partition coefficient (Wildman–Crippen LogP) is 3.41. The van der Waals surface area contributed by atoms with Gasteiger partial charge in [0, 0.05) is 26.2 Å². The molecule has 1 aromatic carbocycles. The molecule has 3 nitrogen and oxygen atoms in total. The van der Waals surface area contributed by atoms with E-state index in [2.05, 4.69) is 0 Å². The summed E-state index contributed by atoms with van der Waals surface area (Å²) in [7, 11) is 0. The zero-order chi connectivity index (χ0) is 17.1. The summed E-state index contributed by atoms with van der Waals surface area (Å²) < 4.78 is 45.0. The third-order valence-corrected chi connectivity index (χ3v) is 4.28. The maximum Gasteiger partial charge on any atom is 0.416 e. The van der Waals surface area contributed by atoms with Crippen molar-refractivity contribution in [1.82, 2.24) is 4.90 Å². The van der Waals surface area contributed by atoms with Gasteiger partial charge >= 0.3 is 6.18 Å². The Morgan fingerprint density at radius 3 is 2.26 bits per heavy atom. The number of piperidine rings is 1. The molecular weight excluding hydrogens is 307 g/mol. The van der Waals surface area contributed by atoms with Crippen LogP contribution in [0.4, 0.5) is 13.2 Å². The zero-order valence-electron chi connectivity index (χ0n) is 13.6. The van der Waals surface area contributed by atoms with Crippen LogP contribution < -0.4 is 0 Å². The fourth-order valence-corrected chi connectivity index (χ4v) is 3.19. The molecule has 0 bridgehead atoms. The monoisotopic (exact) mass is 331 g/mol. The Morgan fingerprint density at radius 2 is 1.74 bits per heavy atom. The van der Waals surface area contributed by atoms with Gasteiger partial charge in [-0.3, -0.25) is 4.90 Å². The number of rotatable bonds is 5. The Hall–Kier alpha value is -1.11. The minimum atomic E-state index is -4.47. The Labute approximate surface area is 135 Å². The van der Waals surface area contributed by atoms with E-state index in [1.807, 2.05) is 11.8 Å². The van der Waals surface area contributed by atoms with Crippen molar-refractivity contribution < 1.29 is 23.0 Å². The Kier molecular flexibility index (Phi) is 5.70. The molecule has 0 amide bonds. The quantitative estimate of drug-likeness (QED) is 0.897. The van der Waals surface area contributed by atoms with Crippen LogP contribution >= 0.6 is 0 Å². The molecule has 0 aliphatic carbocycles. The smallest absolute Gasteiger partial charge is 0.384 e. The second kappa shape index (κ2) is 7.20. The van der Waals surface area contributed by atoms with Crippen molar-refractivity contribution in [2.75, 3.05) is 26.2 Å². The molecule has 2 rings (SSSR count). The van der Waals surface area contributed by atoms with E-state index in [1.54, 1.807) is 0 Å². The van der Waals surface area contributed by atoms with Crippen LogP contribution in [0.15, 0.2) is 24.3 Å². The second-order valence-corrected chi connectivity index (χ2v) is 6.25. The highest BCUT2D eigenvalue weighted by Crippen LogP contribution is 2.37. The lowest BCUT2D eigenvalue weighted by Crippen LogP contribution is -2.45. The fraction of sp³-hybridized carbons (Fsp3) is 0.647. The topological polar surface area (TPSA) is 32.7 Å². The minimum Gasteiger partial charge on any atom is -0.384 e. The molecular formula is C17H24F3NO2. The van der Waals surface area contributed by atoms with E-state index < -0.39 is 17.3 Å². The summed E-state index contributed by atoms with van der Waals surface area (Å²) in [6, 6.07) is 5.25. The predicted molar refractivity (Wildman–Crippen MR) is 82.1 cm³/mol. The molecule has 0 aromatic heterocycles. The molecule has 1 aromatic rings. The van der Waals surface area contributed by atoms with Gasteiger partial charge in [-0.25, -0.2) is 0 Å². The van der Waals surface area contributed by atoms with Gasteiger partial charge in [0.15, 0.2) is 0 Å².